The number of carbonyl (C=O) groups excluding carboxylic acids is 2. The Labute approximate surface area is 240 Å². The summed E-state index contributed by atoms with van der Waals surface area (Å²) in [6.45, 7) is 8.77. The number of hydrogen-bond donors (Lipinski definition) is 1. The number of nitrogens with one attached hydrogen (secondary N) is 1. The number of benzene rings is 3. The van der Waals surface area contributed by atoms with Gasteiger partial charge in [-0.1, -0.05) is 62.7 Å². The Morgan fingerprint density at radius 1 is 1.00 bits per heavy atom. The Kier molecular flexibility index (Phi) is 7.90. The Hall–Kier alpha value is -3.77. The van der Waals surface area contributed by atoms with Crippen LogP contribution in [0.25, 0.3) is 0 Å². The molecule has 7 heteroatoms. The van der Waals surface area contributed by atoms with Gasteiger partial charge in [-0.2, -0.15) is 0 Å². The largest absolute Gasteiger partial charge is 0.490 e. The molecule has 208 valence electrons. The first-order chi connectivity index (χ1) is 19.2. The van der Waals surface area contributed by atoms with Crippen LogP contribution in [-0.4, -0.2) is 18.3 Å². The maximum absolute atomic E-state index is 13.8. The molecular weight excluding hydrogens is 524 g/mol. The minimum Gasteiger partial charge on any atom is -0.490 e. The summed E-state index contributed by atoms with van der Waals surface area (Å²) in [5.41, 5.74) is 4.65. The van der Waals surface area contributed by atoms with E-state index < -0.39 is 6.04 Å². The van der Waals surface area contributed by atoms with Gasteiger partial charge in [-0.15, -0.1) is 0 Å². The lowest BCUT2D eigenvalue weighted by atomic mass is 9.73. The van der Waals surface area contributed by atoms with Crippen molar-refractivity contribution in [2.45, 2.75) is 59.6 Å². The molecule has 0 saturated heterocycles. The third-order valence-corrected chi connectivity index (χ3v) is 7.61. The second kappa shape index (κ2) is 11.4. The highest BCUT2D eigenvalue weighted by Gasteiger charge is 2.43. The molecule has 5 rings (SSSR count). The third-order valence-electron chi connectivity index (χ3n) is 7.36. The minimum absolute atomic E-state index is 0.0477. The molecule has 0 aromatic heterocycles. The molecule has 0 fully saturated rings. The fourth-order valence-electron chi connectivity index (χ4n) is 5.57. The maximum atomic E-state index is 13.8. The van der Waals surface area contributed by atoms with Crippen LogP contribution in [-0.2, 0) is 16.2 Å². The molecule has 0 bridgehead atoms. The Balaban J connectivity index is 1.63. The van der Waals surface area contributed by atoms with Crippen LogP contribution in [0.5, 0.6) is 11.5 Å². The van der Waals surface area contributed by atoms with Crippen LogP contribution in [0.15, 0.2) is 78.0 Å². The van der Waals surface area contributed by atoms with Crippen molar-refractivity contribution in [2.24, 2.45) is 5.41 Å². The summed E-state index contributed by atoms with van der Waals surface area (Å²) in [6, 6.07) is 20.4. The Bertz CT molecular complexity index is 1460. The van der Waals surface area contributed by atoms with Crippen molar-refractivity contribution in [2.75, 3.05) is 16.8 Å². The second-order valence-electron chi connectivity index (χ2n) is 11.0. The van der Waals surface area contributed by atoms with Crippen LogP contribution < -0.4 is 19.7 Å². The maximum Gasteiger partial charge on any atom is 0.227 e. The van der Waals surface area contributed by atoms with Crippen LogP contribution >= 0.6 is 11.6 Å². The van der Waals surface area contributed by atoms with Gasteiger partial charge < -0.3 is 14.8 Å². The predicted octanol–water partition coefficient (Wildman–Crippen LogP) is 7.87. The topological polar surface area (TPSA) is 67.9 Å². The molecule has 3 aromatic carbocycles. The molecule has 1 N–H and O–H groups in total. The van der Waals surface area contributed by atoms with Crippen molar-refractivity contribution >= 4 is 34.7 Å². The molecule has 1 atom stereocenters. The first-order valence-electron chi connectivity index (χ1n) is 13.8. The number of fused-ring (bicyclic) bond motifs is 1. The van der Waals surface area contributed by atoms with E-state index in [0.717, 1.165) is 28.2 Å². The zero-order valence-electron chi connectivity index (χ0n) is 23.4. The van der Waals surface area contributed by atoms with E-state index in [1.807, 2.05) is 80.6 Å². The van der Waals surface area contributed by atoms with E-state index in [0.29, 0.717) is 54.6 Å². The number of nitrogens with zero attached hydrogens (tertiary/aromatic N) is 1. The molecule has 6 nitrogen and oxygen atoms in total. The van der Waals surface area contributed by atoms with Crippen molar-refractivity contribution in [3.63, 3.8) is 0 Å². The van der Waals surface area contributed by atoms with Gasteiger partial charge in [0, 0.05) is 29.1 Å². The fraction of sp³-hybridized carbons (Fsp3) is 0.333. The van der Waals surface area contributed by atoms with E-state index in [9.17, 15) is 9.59 Å². The quantitative estimate of drug-likeness (QED) is 0.319. The zero-order valence-corrected chi connectivity index (χ0v) is 24.2. The van der Waals surface area contributed by atoms with E-state index in [2.05, 4.69) is 19.2 Å². The summed E-state index contributed by atoms with van der Waals surface area (Å²) < 4.78 is 12.2. The summed E-state index contributed by atoms with van der Waals surface area (Å²) >= 11 is 6.03. The van der Waals surface area contributed by atoms with Gasteiger partial charge >= 0.3 is 0 Å². The van der Waals surface area contributed by atoms with E-state index in [1.54, 1.807) is 4.90 Å². The van der Waals surface area contributed by atoms with E-state index >= 15 is 0 Å². The van der Waals surface area contributed by atoms with Crippen molar-refractivity contribution in [3.8, 4) is 11.5 Å². The number of Topliss-reactive ketones (excluding diaryl/α,β-unsaturated/α-hetero) is 1. The molecule has 1 heterocycles. The van der Waals surface area contributed by atoms with Crippen LogP contribution in [0, 0.1) is 5.41 Å². The number of ketones is 1. The first-order valence-corrected chi connectivity index (χ1v) is 14.2. The number of para-hydroxylation sites is 2. The van der Waals surface area contributed by atoms with E-state index in [1.165, 1.54) is 0 Å². The van der Waals surface area contributed by atoms with Gasteiger partial charge in [0.05, 0.1) is 24.0 Å². The fourth-order valence-corrected chi connectivity index (χ4v) is 5.70. The van der Waals surface area contributed by atoms with Gasteiger partial charge in [-0.05, 0) is 66.3 Å². The number of ether oxygens (including phenoxy) is 2. The predicted molar refractivity (Wildman–Crippen MR) is 159 cm³/mol. The summed E-state index contributed by atoms with van der Waals surface area (Å²) in [5, 5.41) is 4.22. The Morgan fingerprint density at radius 2 is 1.75 bits per heavy atom. The van der Waals surface area contributed by atoms with Gasteiger partial charge in [0.2, 0.25) is 5.91 Å². The molecule has 0 spiro atoms. The second-order valence-corrected chi connectivity index (χ2v) is 11.5. The monoisotopic (exact) mass is 558 g/mol. The minimum atomic E-state index is -0.605. The highest BCUT2D eigenvalue weighted by Crippen LogP contribution is 2.49. The van der Waals surface area contributed by atoms with Crippen molar-refractivity contribution in [1.82, 2.24) is 0 Å². The molecule has 0 unspecified atom stereocenters. The van der Waals surface area contributed by atoms with E-state index in [4.69, 9.17) is 21.1 Å². The summed E-state index contributed by atoms with van der Waals surface area (Å²) in [4.78, 5) is 29.3. The number of rotatable bonds is 7. The molecule has 2 aliphatic rings. The molecule has 1 amide bonds. The highest BCUT2D eigenvalue weighted by atomic mass is 35.5. The highest BCUT2D eigenvalue weighted by molar-refractivity contribution is 6.30. The average Bonchev–Trinajstić information content (AvgIpc) is 3.06. The van der Waals surface area contributed by atoms with Crippen LogP contribution in [0.4, 0.5) is 11.4 Å². The van der Waals surface area contributed by atoms with Crippen LogP contribution in [0.1, 0.15) is 64.1 Å². The molecule has 1 aliphatic heterocycles. The third kappa shape index (κ3) is 5.59. The standard InChI is InChI=1S/C33H35ClN2O4/c1-5-30(38)36-26-10-8-7-9-24(26)35-25-18-33(3,4)19-27(37)31(25)32(36)22-13-16-28(29(17-22)39-6-2)40-20-21-11-14-23(34)15-12-21/h7-17,32,35H,5-6,18-20H2,1-4H3/t32-/m1/s1. The summed E-state index contributed by atoms with van der Waals surface area (Å²) in [6.07, 6.45) is 1.41. The van der Waals surface area contributed by atoms with E-state index in [-0.39, 0.29) is 17.1 Å². The number of halogens is 1. The van der Waals surface area contributed by atoms with Crippen molar-refractivity contribution in [1.29, 1.82) is 0 Å². The molecule has 1 aliphatic carbocycles. The molecular formula is C33H35ClN2O4. The Morgan fingerprint density at radius 3 is 2.48 bits per heavy atom. The number of allylic oxidation sites excluding steroid dienone is 1. The summed E-state index contributed by atoms with van der Waals surface area (Å²) in [5.74, 6) is 1.14. The van der Waals surface area contributed by atoms with Gasteiger partial charge in [-0.3, -0.25) is 14.5 Å². The molecule has 0 saturated carbocycles. The number of amides is 1. The summed E-state index contributed by atoms with van der Waals surface area (Å²) in [7, 11) is 0. The smallest absolute Gasteiger partial charge is 0.227 e. The van der Waals surface area contributed by atoms with Crippen LogP contribution in [0.2, 0.25) is 5.02 Å². The van der Waals surface area contributed by atoms with Gasteiger partial charge in [0.1, 0.15) is 6.61 Å². The van der Waals surface area contributed by atoms with Crippen molar-refractivity contribution < 1.29 is 19.1 Å². The SMILES string of the molecule is CCOc1cc([C@@H]2C3=C(CC(C)(C)CC3=O)Nc3ccccc3N2C(=O)CC)ccc1OCc1ccc(Cl)cc1. The van der Waals surface area contributed by atoms with Gasteiger partial charge in [0.25, 0.3) is 0 Å². The van der Waals surface area contributed by atoms with Crippen molar-refractivity contribution in [3.05, 3.63) is 94.1 Å². The van der Waals surface area contributed by atoms with Crippen LogP contribution in [0.3, 0.4) is 0 Å². The van der Waals surface area contributed by atoms with Gasteiger partial charge in [0.15, 0.2) is 17.3 Å². The average molecular weight is 559 g/mol. The van der Waals surface area contributed by atoms with Gasteiger partial charge in [-0.25, -0.2) is 0 Å². The number of anilines is 2. The molecule has 40 heavy (non-hydrogen) atoms. The first kappa shape index (κ1) is 27.8. The lowest BCUT2D eigenvalue weighted by Gasteiger charge is -2.37. The number of hydrogen-bond acceptors (Lipinski definition) is 5. The lowest BCUT2D eigenvalue weighted by Crippen LogP contribution is -2.39. The zero-order chi connectivity index (χ0) is 28.4. The number of carbonyl (C=O) groups is 2. The normalized spacial score (nSPS) is 17.9. The lowest BCUT2D eigenvalue weighted by molar-refractivity contribution is -0.119. The molecule has 0 radical (unpaired) electrons. The molecule has 3 aromatic rings.